The predicted molar refractivity (Wildman–Crippen MR) is 246 cm³/mol. The Morgan fingerprint density at radius 1 is 0.368 bits per heavy atom. The molecule has 2 nitrogen and oxygen atoms in total. The highest BCUT2D eigenvalue weighted by Crippen LogP contribution is 2.44. The Bertz CT molecular complexity index is 3210. The van der Waals surface area contributed by atoms with E-state index in [0.717, 1.165) is 33.1 Å². The number of hydrogen-bond acceptors (Lipinski definition) is 4. The molecule has 0 radical (unpaired) electrons. The maximum atomic E-state index is 5.05. The van der Waals surface area contributed by atoms with Crippen molar-refractivity contribution in [3.63, 3.8) is 0 Å². The molecule has 2 heterocycles. The fourth-order valence-electron chi connectivity index (χ4n) is 8.10. The number of benzene rings is 9. The number of fused-ring (bicyclic) bond motifs is 6. The largest absolute Gasteiger partial charge is 0.310 e. The van der Waals surface area contributed by atoms with Crippen molar-refractivity contribution in [1.29, 1.82) is 0 Å². The van der Waals surface area contributed by atoms with Gasteiger partial charge in [-0.1, -0.05) is 146 Å². The molecular formula is C53H34N2S2. The molecule has 57 heavy (non-hydrogen) atoms. The molecule has 11 aromatic rings. The first-order valence-corrected chi connectivity index (χ1v) is 20.8. The highest BCUT2D eigenvalue weighted by molar-refractivity contribution is 7.28. The zero-order valence-corrected chi connectivity index (χ0v) is 32.5. The van der Waals surface area contributed by atoms with Gasteiger partial charge in [-0.05, 0) is 105 Å². The summed E-state index contributed by atoms with van der Waals surface area (Å²) in [5, 5.41) is 6.15. The minimum Gasteiger partial charge on any atom is -0.310 e. The molecule has 0 amide bonds. The minimum atomic E-state index is 1.06. The highest BCUT2D eigenvalue weighted by Gasteiger charge is 2.17. The monoisotopic (exact) mass is 762 g/mol. The average Bonchev–Trinajstić information content (AvgIpc) is 3.89. The zero-order valence-electron chi connectivity index (χ0n) is 30.8. The topological polar surface area (TPSA) is 16.1 Å². The SMILES string of the molecule is c1ccc(-c2ccc(N(c3ccc(-c4ccc5sc6ccc7nc(-c8ccccc8)sc7c6c5c4)cc3)c3cccc(-c4cccc5ccccc45)c3)cc2)cc1. The third-order valence-corrected chi connectivity index (χ3v) is 13.2. The standard InChI is InChI=1S/C53H34N2S2/c1-3-11-35(12-4-1)36-21-26-42(27-22-36)55(44-18-9-17-41(33-44)46-20-10-16-38-13-7-8-19-45(38)46)43-28-23-37(24-29-43)40-25-31-49-47(34-40)51-50(56-49)32-30-48-52(51)57-53(54-48)39-14-5-2-6-15-39/h1-34H. The van der Waals surface area contributed by atoms with Crippen LogP contribution in [0.5, 0.6) is 0 Å². The maximum absolute atomic E-state index is 5.05. The second-order valence-corrected chi connectivity index (χ2v) is 16.4. The molecule has 0 spiro atoms. The van der Waals surface area contributed by atoms with Crippen molar-refractivity contribution in [1.82, 2.24) is 4.98 Å². The lowest BCUT2D eigenvalue weighted by molar-refractivity contribution is 1.28. The lowest BCUT2D eigenvalue weighted by Gasteiger charge is -2.26. The van der Waals surface area contributed by atoms with Gasteiger partial charge in [0, 0.05) is 42.8 Å². The Kier molecular flexibility index (Phi) is 8.24. The fraction of sp³-hybridized carbons (Fsp3) is 0. The molecule has 0 bridgehead atoms. The van der Waals surface area contributed by atoms with Gasteiger partial charge in [-0.2, -0.15) is 0 Å². The number of hydrogen-bond donors (Lipinski definition) is 0. The van der Waals surface area contributed by atoms with Crippen LogP contribution in [-0.2, 0) is 0 Å². The first kappa shape index (κ1) is 33.5. The molecule has 4 heteroatoms. The van der Waals surface area contributed by atoms with Crippen LogP contribution in [0.1, 0.15) is 0 Å². The number of anilines is 3. The molecule has 9 aromatic carbocycles. The van der Waals surface area contributed by atoms with Crippen LogP contribution in [0, 0.1) is 0 Å². The van der Waals surface area contributed by atoms with Gasteiger partial charge in [-0.3, -0.25) is 0 Å². The van der Waals surface area contributed by atoms with Gasteiger partial charge in [0.05, 0.1) is 10.2 Å². The van der Waals surface area contributed by atoms with Crippen LogP contribution in [0.15, 0.2) is 206 Å². The molecule has 0 saturated heterocycles. The van der Waals surface area contributed by atoms with Crippen molar-refractivity contribution in [2.75, 3.05) is 4.90 Å². The minimum absolute atomic E-state index is 1.06. The lowest BCUT2D eigenvalue weighted by atomic mass is 9.97. The van der Waals surface area contributed by atoms with Crippen molar-refractivity contribution in [2.45, 2.75) is 0 Å². The van der Waals surface area contributed by atoms with E-state index in [4.69, 9.17) is 4.98 Å². The summed E-state index contributed by atoms with van der Waals surface area (Å²) >= 11 is 3.65. The Morgan fingerprint density at radius 2 is 0.965 bits per heavy atom. The summed E-state index contributed by atoms with van der Waals surface area (Å²) in [4.78, 5) is 7.42. The van der Waals surface area contributed by atoms with Gasteiger partial charge in [-0.15, -0.1) is 22.7 Å². The zero-order chi connectivity index (χ0) is 37.7. The number of aromatic nitrogens is 1. The average molecular weight is 763 g/mol. The van der Waals surface area contributed by atoms with Crippen LogP contribution in [0.25, 0.3) is 85.1 Å². The predicted octanol–water partition coefficient (Wildman–Crippen LogP) is 16.0. The third-order valence-electron chi connectivity index (χ3n) is 10.9. The molecule has 0 atom stereocenters. The van der Waals surface area contributed by atoms with Crippen LogP contribution in [0.3, 0.4) is 0 Å². The van der Waals surface area contributed by atoms with Gasteiger partial charge in [0.2, 0.25) is 0 Å². The van der Waals surface area contributed by atoms with E-state index >= 15 is 0 Å². The van der Waals surface area contributed by atoms with Gasteiger partial charge in [0.15, 0.2) is 0 Å². The Balaban J connectivity index is 0.998. The molecule has 0 N–H and O–H groups in total. The van der Waals surface area contributed by atoms with Gasteiger partial charge < -0.3 is 4.90 Å². The van der Waals surface area contributed by atoms with Crippen LogP contribution in [0.2, 0.25) is 0 Å². The first-order chi connectivity index (χ1) is 28.2. The number of thiazole rings is 1. The number of rotatable bonds is 7. The van der Waals surface area contributed by atoms with Crippen molar-refractivity contribution in [2.24, 2.45) is 0 Å². The summed E-state index contributed by atoms with van der Waals surface area (Å²) in [6.07, 6.45) is 0. The van der Waals surface area contributed by atoms with Gasteiger partial charge >= 0.3 is 0 Å². The fourth-order valence-corrected chi connectivity index (χ4v) is 10.4. The summed E-state index contributed by atoms with van der Waals surface area (Å²) in [5.74, 6) is 0. The first-order valence-electron chi connectivity index (χ1n) is 19.2. The summed E-state index contributed by atoms with van der Waals surface area (Å²) in [7, 11) is 0. The van der Waals surface area contributed by atoms with Crippen LogP contribution < -0.4 is 4.90 Å². The van der Waals surface area contributed by atoms with Gasteiger partial charge in [0.1, 0.15) is 5.01 Å². The molecule has 0 unspecified atom stereocenters. The van der Waals surface area contributed by atoms with Crippen molar-refractivity contribution < 1.29 is 0 Å². The molecule has 2 aromatic heterocycles. The van der Waals surface area contributed by atoms with E-state index in [1.54, 1.807) is 11.3 Å². The molecule has 0 fully saturated rings. The molecule has 11 rings (SSSR count). The Labute approximate surface area is 339 Å². The van der Waals surface area contributed by atoms with E-state index in [1.165, 1.54) is 69.0 Å². The quantitative estimate of drug-likeness (QED) is 0.161. The molecule has 0 aliphatic heterocycles. The molecule has 0 saturated carbocycles. The van der Waals surface area contributed by atoms with E-state index in [9.17, 15) is 0 Å². The normalized spacial score (nSPS) is 11.5. The van der Waals surface area contributed by atoms with Crippen molar-refractivity contribution in [3.05, 3.63) is 206 Å². The smallest absolute Gasteiger partial charge is 0.124 e. The van der Waals surface area contributed by atoms with E-state index in [0.29, 0.717) is 0 Å². The molecule has 268 valence electrons. The Hall–Kier alpha value is -6.85. The van der Waals surface area contributed by atoms with E-state index in [-0.39, 0.29) is 0 Å². The van der Waals surface area contributed by atoms with Crippen LogP contribution >= 0.6 is 22.7 Å². The van der Waals surface area contributed by atoms with E-state index < -0.39 is 0 Å². The highest BCUT2D eigenvalue weighted by atomic mass is 32.1. The molecule has 0 aliphatic rings. The maximum Gasteiger partial charge on any atom is 0.124 e. The summed E-state index contributed by atoms with van der Waals surface area (Å²) < 4.78 is 3.85. The third kappa shape index (κ3) is 6.07. The number of thiophene rings is 1. The van der Waals surface area contributed by atoms with Gasteiger partial charge in [-0.25, -0.2) is 4.98 Å². The van der Waals surface area contributed by atoms with Crippen molar-refractivity contribution >= 4 is 80.9 Å². The molecular weight excluding hydrogens is 729 g/mol. The van der Waals surface area contributed by atoms with Crippen LogP contribution in [-0.4, -0.2) is 4.98 Å². The second-order valence-electron chi connectivity index (χ2n) is 14.4. The van der Waals surface area contributed by atoms with Crippen LogP contribution in [0.4, 0.5) is 17.1 Å². The lowest BCUT2D eigenvalue weighted by Crippen LogP contribution is -2.10. The van der Waals surface area contributed by atoms with Crippen molar-refractivity contribution in [3.8, 4) is 44.0 Å². The van der Waals surface area contributed by atoms with E-state index in [2.05, 4.69) is 211 Å². The summed E-state index contributed by atoms with van der Waals surface area (Å²) in [6.45, 7) is 0. The van der Waals surface area contributed by atoms with Gasteiger partial charge in [0.25, 0.3) is 0 Å². The summed E-state index contributed by atoms with van der Waals surface area (Å²) in [6, 6.07) is 74.5. The summed E-state index contributed by atoms with van der Waals surface area (Å²) in [5.41, 5.74) is 12.7. The Morgan fingerprint density at radius 3 is 1.74 bits per heavy atom. The second kappa shape index (κ2) is 14.0. The molecule has 0 aliphatic carbocycles. The van der Waals surface area contributed by atoms with E-state index in [1.807, 2.05) is 11.3 Å². The number of nitrogens with zero attached hydrogens (tertiary/aromatic N) is 2.